The summed E-state index contributed by atoms with van der Waals surface area (Å²) < 4.78 is 16.6. The van der Waals surface area contributed by atoms with E-state index in [1.54, 1.807) is 64.4 Å². The van der Waals surface area contributed by atoms with Crippen LogP contribution in [0.5, 0.6) is 0 Å². The Labute approximate surface area is 201 Å². The lowest BCUT2D eigenvalue weighted by Gasteiger charge is -2.32. The number of benzene rings is 1. The Morgan fingerprint density at radius 2 is 1.97 bits per heavy atom. The van der Waals surface area contributed by atoms with Crippen LogP contribution in [-0.4, -0.2) is 49.6 Å². The summed E-state index contributed by atoms with van der Waals surface area (Å²) in [6.45, 7) is 4.63. The number of hydrogen-bond donors (Lipinski definition) is 1. The molecular formula is C26H23FN6O2. The first kappa shape index (κ1) is 22.4. The molecule has 0 aliphatic carbocycles. The fourth-order valence-corrected chi connectivity index (χ4v) is 4.41. The monoisotopic (exact) mass is 470 g/mol. The topological polar surface area (TPSA) is 93.0 Å². The van der Waals surface area contributed by atoms with Gasteiger partial charge in [0.1, 0.15) is 17.0 Å². The van der Waals surface area contributed by atoms with Crippen molar-refractivity contribution in [1.82, 2.24) is 24.6 Å². The van der Waals surface area contributed by atoms with Crippen LogP contribution in [0.3, 0.4) is 0 Å². The molecular weight excluding hydrogens is 447 g/mol. The molecule has 1 aliphatic rings. The van der Waals surface area contributed by atoms with Crippen molar-refractivity contribution in [2.24, 2.45) is 0 Å². The smallest absolute Gasteiger partial charge is 0.256 e. The second kappa shape index (κ2) is 9.46. The van der Waals surface area contributed by atoms with E-state index in [-0.39, 0.29) is 17.9 Å². The van der Waals surface area contributed by atoms with Crippen LogP contribution < -0.4 is 5.32 Å². The van der Waals surface area contributed by atoms with Crippen LogP contribution in [0.2, 0.25) is 0 Å². The standard InChI is InChI=1S/C26H23FN6O2/c1-2-23(34)32-13-5-6-19(16-32)33-25-20(14-28-15-21(25)27)24(31-33)17-8-10-18(11-9-17)26(35)30-22-7-3-4-12-29-22/h2-4,7-12,14-15,19H,1,5-6,13,16H2,(H,29,30,35)/t19-/m1/s1. The molecule has 0 radical (unpaired) electrons. The largest absolute Gasteiger partial charge is 0.337 e. The van der Waals surface area contributed by atoms with Crippen LogP contribution in [0.4, 0.5) is 10.2 Å². The first-order valence-electron chi connectivity index (χ1n) is 11.3. The van der Waals surface area contributed by atoms with Crippen molar-refractivity contribution in [1.29, 1.82) is 0 Å². The quantitative estimate of drug-likeness (QED) is 0.441. The lowest BCUT2D eigenvalue weighted by molar-refractivity contribution is -0.127. The van der Waals surface area contributed by atoms with Crippen LogP contribution >= 0.6 is 0 Å². The minimum atomic E-state index is -0.472. The van der Waals surface area contributed by atoms with E-state index < -0.39 is 5.82 Å². The fraction of sp³-hybridized carbons (Fsp3) is 0.192. The van der Waals surface area contributed by atoms with Crippen molar-refractivity contribution >= 4 is 28.5 Å². The number of pyridine rings is 2. The molecule has 1 N–H and O–H groups in total. The third kappa shape index (κ3) is 4.40. The first-order valence-corrected chi connectivity index (χ1v) is 11.3. The average Bonchev–Trinajstić information content (AvgIpc) is 3.30. The second-order valence-corrected chi connectivity index (χ2v) is 8.34. The number of nitrogens with one attached hydrogen (secondary N) is 1. The summed E-state index contributed by atoms with van der Waals surface area (Å²) in [7, 11) is 0. The number of halogens is 1. The molecule has 8 nitrogen and oxygen atoms in total. The highest BCUT2D eigenvalue weighted by Gasteiger charge is 2.28. The molecule has 176 valence electrons. The molecule has 4 aromatic rings. The van der Waals surface area contributed by atoms with E-state index in [4.69, 9.17) is 5.10 Å². The zero-order valence-corrected chi connectivity index (χ0v) is 18.9. The van der Waals surface area contributed by atoms with Gasteiger partial charge in [-0.1, -0.05) is 24.8 Å². The molecule has 3 aromatic heterocycles. The molecule has 4 heterocycles. The van der Waals surface area contributed by atoms with E-state index in [2.05, 4.69) is 21.9 Å². The lowest BCUT2D eigenvalue weighted by atomic mass is 10.0. The minimum Gasteiger partial charge on any atom is -0.337 e. The molecule has 1 fully saturated rings. The van der Waals surface area contributed by atoms with Gasteiger partial charge in [0.15, 0.2) is 5.82 Å². The van der Waals surface area contributed by atoms with Crippen molar-refractivity contribution in [2.45, 2.75) is 18.9 Å². The number of carbonyl (C=O) groups excluding carboxylic acids is 2. The molecule has 0 unspecified atom stereocenters. The van der Waals surface area contributed by atoms with E-state index in [0.717, 1.165) is 18.4 Å². The number of nitrogens with zero attached hydrogens (tertiary/aromatic N) is 5. The predicted octanol–water partition coefficient (Wildman–Crippen LogP) is 4.23. The highest BCUT2D eigenvalue weighted by atomic mass is 19.1. The Balaban J connectivity index is 1.47. The van der Waals surface area contributed by atoms with Gasteiger partial charge in [0, 0.05) is 42.0 Å². The van der Waals surface area contributed by atoms with Gasteiger partial charge >= 0.3 is 0 Å². The van der Waals surface area contributed by atoms with Crippen LogP contribution in [-0.2, 0) is 4.79 Å². The van der Waals surface area contributed by atoms with Crippen LogP contribution in [0.15, 0.2) is 73.7 Å². The average molecular weight is 471 g/mol. The van der Waals surface area contributed by atoms with Gasteiger partial charge in [0.05, 0.1) is 12.2 Å². The van der Waals surface area contributed by atoms with Crippen LogP contribution in [0, 0.1) is 5.82 Å². The summed E-state index contributed by atoms with van der Waals surface area (Å²) >= 11 is 0. The molecule has 1 aromatic carbocycles. The number of fused-ring (bicyclic) bond motifs is 1. The Hall–Kier alpha value is -4.40. The number of rotatable bonds is 5. The van der Waals surface area contributed by atoms with Crippen molar-refractivity contribution in [3.8, 4) is 11.3 Å². The van der Waals surface area contributed by atoms with Gasteiger partial charge in [-0.05, 0) is 43.2 Å². The van der Waals surface area contributed by atoms with Gasteiger partial charge in [-0.25, -0.2) is 9.37 Å². The Kier molecular flexibility index (Phi) is 6.05. The highest BCUT2D eigenvalue weighted by molar-refractivity contribution is 6.04. The number of aromatic nitrogens is 4. The van der Waals surface area contributed by atoms with E-state index >= 15 is 0 Å². The van der Waals surface area contributed by atoms with Gasteiger partial charge in [0.25, 0.3) is 5.91 Å². The Morgan fingerprint density at radius 1 is 1.14 bits per heavy atom. The molecule has 9 heteroatoms. The maximum Gasteiger partial charge on any atom is 0.256 e. The van der Waals surface area contributed by atoms with E-state index in [1.807, 2.05) is 0 Å². The summed E-state index contributed by atoms with van der Waals surface area (Å²) in [5.41, 5.74) is 2.10. The number of hydrogen-bond acceptors (Lipinski definition) is 5. The van der Waals surface area contributed by atoms with E-state index in [0.29, 0.717) is 41.1 Å². The third-order valence-corrected chi connectivity index (χ3v) is 6.12. The molecule has 0 saturated carbocycles. The summed E-state index contributed by atoms with van der Waals surface area (Å²) in [4.78, 5) is 34.6. The molecule has 0 bridgehead atoms. The first-order chi connectivity index (χ1) is 17.0. The Morgan fingerprint density at radius 3 is 2.71 bits per heavy atom. The number of carbonyl (C=O) groups is 2. The third-order valence-electron chi connectivity index (χ3n) is 6.12. The molecule has 0 spiro atoms. The van der Waals surface area contributed by atoms with Gasteiger partial charge in [-0.2, -0.15) is 5.10 Å². The van der Waals surface area contributed by atoms with Gasteiger partial charge < -0.3 is 10.2 Å². The zero-order chi connectivity index (χ0) is 24.4. The molecule has 1 saturated heterocycles. The summed E-state index contributed by atoms with van der Waals surface area (Å²) in [5, 5.41) is 8.09. The Bertz CT molecular complexity index is 1400. The lowest BCUT2D eigenvalue weighted by Crippen LogP contribution is -2.40. The van der Waals surface area contributed by atoms with Crippen LogP contribution in [0.1, 0.15) is 29.2 Å². The van der Waals surface area contributed by atoms with Crippen molar-refractivity contribution < 1.29 is 14.0 Å². The van der Waals surface area contributed by atoms with Crippen molar-refractivity contribution in [2.75, 3.05) is 18.4 Å². The fourth-order valence-electron chi connectivity index (χ4n) is 4.41. The summed E-state index contributed by atoms with van der Waals surface area (Å²) in [5.74, 6) is -0.440. The predicted molar refractivity (Wildman–Crippen MR) is 130 cm³/mol. The minimum absolute atomic E-state index is 0.145. The molecule has 2 amide bonds. The van der Waals surface area contributed by atoms with Crippen LogP contribution in [0.25, 0.3) is 22.2 Å². The number of anilines is 1. The zero-order valence-electron chi connectivity index (χ0n) is 18.9. The van der Waals surface area contributed by atoms with Crippen molar-refractivity contribution in [3.63, 3.8) is 0 Å². The van der Waals surface area contributed by atoms with E-state index in [1.165, 1.54) is 12.3 Å². The normalized spacial score (nSPS) is 15.7. The number of amides is 2. The SMILES string of the molecule is C=CC(=O)N1CCC[C@@H](n2nc(-c3ccc(C(=O)Nc4ccccn4)cc3)c3cncc(F)c32)C1. The van der Waals surface area contributed by atoms with Crippen molar-refractivity contribution in [3.05, 3.63) is 85.1 Å². The molecule has 1 aliphatic heterocycles. The highest BCUT2D eigenvalue weighted by Crippen LogP contribution is 2.33. The number of likely N-dealkylation sites (tertiary alicyclic amines) is 1. The molecule has 5 rings (SSSR count). The number of piperidine rings is 1. The summed E-state index contributed by atoms with van der Waals surface area (Å²) in [6.07, 6.45) is 7.22. The second-order valence-electron chi connectivity index (χ2n) is 8.34. The van der Waals surface area contributed by atoms with E-state index in [9.17, 15) is 14.0 Å². The van der Waals surface area contributed by atoms with Gasteiger partial charge in [0.2, 0.25) is 5.91 Å². The van der Waals surface area contributed by atoms with Gasteiger partial charge in [-0.15, -0.1) is 0 Å². The summed E-state index contributed by atoms with van der Waals surface area (Å²) in [6, 6.07) is 12.0. The molecule has 1 atom stereocenters. The maximum absolute atomic E-state index is 15.0. The van der Waals surface area contributed by atoms with Gasteiger partial charge in [-0.3, -0.25) is 19.3 Å². The molecule has 35 heavy (non-hydrogen) atoms. The maximum atomic E-state index is 15.0.